The number of aryl methyl sites for hydroxylation is 2. The molecule has 0 saturated carbocycles. The molecule has 3 rings (SSSR count). The van der Waals surface area contributed by atoms with Gasteiger partial charge < -0.3 is 10.2 Å². The molecule has 3 heterocycles. The summed E-state index contributed by atoms with van der Waals surface area (Å²) in [5.41, 5.74) is 3.75. The van der Waals surface area contributed by atoms with Gasteiger partial charge >= 0.3 is 0 Å². The third-order valence-electron chi connectivity index (χ3n) is 4.68. The molecule has 132 valence electrons. The number of nitriles is 1. The predicted molar refractivity (Wildman–Crippen MR) is 101 cm³/mol. The first-order valence-electron chi connectivity index (χ1n) is 8.88. The van der Waals surface area contributed by atoms with Crippen LogP contribution in [0.1, 0.15) is 49.2 Å². The van der Waals surface area contributed by atoms with Crippen molar-refractivity contribution < 1.29 is 0 Å². The van der Waals surface area contributed by atoms with Gasteiger partial charge in [-0.15, -0.1) is 16.4 Å². The minimum Gasteiger partial charge on any atom is -0.359 e. The Morgan fingerprint density at radius 1 is 1.28 bits per heavy atom. The topological polar surface area (TPSA) is 77.7 Å². The van der Waals surface area contributed by atoms with Crippen LogP contribution in [0, 0.1) is 18.3 Å². The Labute approximate surface area is 152 Å². The van der Waals surface area contributed by atoms with Gasteiger partial charge in [0.05, 0.1) is 11.4 Å². The highest BCUT2D eigenvalue weighted by molar-refractivity contribution is 7.13. The van der Waals surface area contributed by atoms with E-state index < -0.39 is 0 Å². The first-order chi connectivity index (χ1) is 12.2. The highest BCUT2D eigenvalue weighted by Gasteiger charge is 2.25. The van der Waals surface area contributed by atoms with Crippen LogP contribution in [0.25, 0.3) is 0 Å². The molecule has 25 heavy (non-hydrogen) atoms. The predicted octanol–water partition coefficient (Wildman–Crippen LogP) is 3.32. The molecule has 6 nitrogen and oxygen atoms in total. The monoisotopic (exact) mass is 356 g/mol. The van der Waals surface area contributed by atoms with Crippen LogP contribution < -0.4 is 10.2 Å². The van der Waals surface area contributed by atoms with E-state index in [1.807, 2.05) is 6.92 Å². The van der Waals surface area contributed by atoms with E-state index in [1.54, 1.807) is 11.3 Å². The highest BCUT2D eigenvalue weighted by Crippen LogP contribution is 2.27. The molecule has 1 fully saturated rings. The van der Waals surface area contributed by atoms with Crippen molar-refractivity contribution in [3.63, 3.8) is 0 Å². The minimum atomic E-state index is 0.417. The van der Waals surface area contributed by atoms with Gasteiger partial charge in [0.2, 0.25) is 0 Å². The van der Waals surface area contributed by atoms with Gasteiger partial charge in [-0.2, -0.15) is 10.4 Å². The van der Waals surface area contributed by atoms with Crippen molar-refractivity contribution in [3.8, 4) is 6.07 Å². The van der Waals surface area contributed by atoms with E-state index in [0.717, 1.165) is 66.7 Å². The summed E-state index contributed by atoms with van der Waals surface area (Å²) in [5, 5.41) is 25.0. The molecule has 0 unspecified atom stereocenters. The average Bonchev–Trinajstić information content (AvgIpc) is 3.05. The van der Waals surface area contributed by atoms with Crippen LogP contribution in [0.2, 0.25) is 0 Å². The molecule has 7 heteroatoms. The standard InChI is InChI=1S/C18H24N6S/c1-4-14-15(10-19)17(23-22-16(14)5-2)24-8-6-13(7-9-24)21-18-20-12(3)11-25-18/h11,13H,4-9H2,1-3H3,(H,20,21). The van der Waals surface area contributed by atoms with Gasteiger partial charge in [0.25, 0.3) is 0 Å². The summed E-state index contributed by atoms with van der Waals surface area (Å²) < 4.78 is 0. The van der Waals surface area contributed by atoms with Crippen molar-refractivity contribution in [1.29, 1.82) is 5.26 Å². The maximum Gasteiger partial charge on any atom is 0.183 e. The minimum absolute atomic E-state index is 0.417. The van der Waals surface area contributed by atoms with Crippen molar-refractivity contribution >= 4 is 22.3 Å². The molecule has 0 bridgehead atoms. The molecular weight excluding hydrogens is 332 g/mol. The normalized spacial score (nSPS) is 15.2. The second kappa shape index (κ2) is 7.79. The van der Waals surface area contributed by atoms with Crippen LogP contribution in [-0.2, 0) is 12.8 Å². The molecule has 1 N–H and O–H groups in total. The Morgan fingerprint density at radius 3 is 2.60 bits per heavy atom. The lowest BCUT2D eigenvalue weighted by Crippen LogP contribution is -2.40. The number of nitrogens with one attached hydrogen (secondary N) is 1. The van der Waals surface area contributed by atoms with Gasteiger partial charge in [-0.3, -0.25) is 0 Å². The maximum atomic E-state index is 9.67. The van der Waals surface area contributed by atoms with Crippen LogP contribution in [0.3, 0.4) is 0 Å². The number of hydrogen-bond donors (Lipinski definition) is 1. The van der Waals surface area contributed by atoms with E-state index in [1.165, 1.54) is 0 Å². The SMILES string of the molecule is CCc1nnc(N2CCC(Nc3nc(C)cs3)CC2)c(C#N)c1CC. The Hall–Kier alpha value is -2.20. The Bertz CT molecular complexity index is 770. The zero-order valence-corrected chi connectivity index (χ0v) is 15.9. The second-order valence-electron chi connectivity index (χ2n) is 6.34. The average molecular weight is 356 g/mol. The molecule has 0 aliphatic carbocycles. The maximum absolute atomic E-state index is 9.67. The van der Waals surface area contributed by atoms with E-state index in [4.69, 9.17) is 0 Å². The summed E-state index contributed by atoms with van der Waals surface area (Å²) in [6.07, 6.45) is 3.63. The van der Waals surface area contributed by atoms with Crippen LogP contribution in [0.5, 0.6) is 0 Å². The van der Waals surface area contributed by atoms with Gasteiger partial charge in [0.1, 0.15) is 11.6 Å². The number of rotatable bonds is 5. The van der Waals surface area contributed by atoms with Crippen molar-refractivity contribution in [3.05, 3.63) is 27.9 Å². The molecule has 0 amide bonds. The first-order valence-corrected chi connectivity index (χ1v) is 9.76. The van der Waals surface area contributed by atoms with Crippen molar-refractivity contribution in [2.45, 2.75) is 52.5 Å². The quantitative estimate of drug-likeness (QED) is 0.885. The molecule has 0 atom stereocenters. The van der Waals surface area contributed by atoms with Gasteiger partial charge in [0, 0.05) is 24.5 Å². The van der Waals surface area contributed by atoms with Gasteiger partial charge in [-0.05, 0) is 38.2 Å². The molecule has 0 aromatic carbocycles. The molecule has 0 spiro atoms. The van der Waals surface area contributed by atoms with Gasteiger partial charge in [0.15, 0.2) is 10.9 Å². The third-order valence-corrected chi connectivity index (χ3v) is 5.57. The number of hydrogen-bond acceptors (Lipinski definition) is 7. The fourth-order valence-corrected chi connectivity index (χ4v) is 4.10. The van der Waals surface area contributed by atoms with Crippen LogP contribution in [0.4, 0.5) is 10.9 Å². The number of aromatic nitrogens is 3. The number of piperidine rings is 1. The summed E-state index contributed by atoms with van der Waals surface area (Å²) in [7, 11) is 0. The molecule has 1 saturated heterocycles. The fraction of sp³-hybridized carbons (Fsp3) is 0.556. The summed E-state index contributed by atoms with van der Waals surface area (Å²) in [6, 6.07) is 2.79. The largest absolute Gasteiger partial charge is 0.359 e. The number of nitrogens with zero attached hydrogens (tertiary/aromatic N) is 5. The van der Waals surface area contributed by atoms with E-state index >= 15 is 0 Å². The molecule has 2 aromatic rings. The summed E-state index contributed by atoms with van der Waals surface area (Å²) in [6.45, 7) is 7.89. The molecule has 1 aliphatic rings. The fourth-order valence-electron chi connectivity index (χ4n) is 3.33. The first kappa shape index (κ1) is 17.6. The zero-order chi connectivity index (χ0) is 17.8. The second-order valence-corrected chi connectivity index (χ2v) is 7.20. The van der Waals surface area contributed by atoms with Crippen molar-refractivity contribution in [2.24, 2.45) is 0 Å². The summed E-state index contributed by atoms with van der Waals surface area (Å²) in [4.78, 5) is 6.68. The molecule has 1 aliphatic heterocycles. The lowest BCUT2D eigenvalue weighted by atomic mass is 10.0. The Kier molecular flexibility index (Phi) is 5.49. The molecule has 0 radical (unpaired) electrons. The molecular formula is C18H24N6S. The summed E-state index contributed by atoms with van der Waals surface area (Å²) in [5.74, 6) is 0.750. The smallest absolute Gasteiger partial charge is 0.183 e. The Balaban J connectivity index is 1.71. The van der Waals surface area contributed by atoms with E-state index in [0.29, 0.717) is 11.6 Å². The van der Waals surface area contributed by atoms with Gasteiger partial charge in [-0.1, -0.05) is 13.8 Å². The van der Waals surface area contributed by atoms with Crippen LogP contribution >= 0.6 is 11.3 Å². The lowest BCUT2D eigenvalue weighted by molar-refractivity contribution is 0.521. The molecule has 2 aromatic heterocycles. The van der Waals surface area contributed by atoms with Gasteiger partial charge in [-0.25, -0.2) is 4.98 Å². The zero-order valence-electron chi connectivity index (χ0n) is 15.0. The Morgan fingerprint density at radius 2 is 2.04 bits per heavy atom. The lowest BCUT2D eigenvalue weighted by Gasteiger charge is -2.33. The van der Waals surface area contributed by atoms with Crippen molar-refractivity contribution in [1.82, 2.24) is 15.2 Å². The number of anilines is 2. The number of thiazole rings is 1. The van der Waals surface area contributed by atoms with E-state index in [9.17, 15) is 5.26 Å². The van der Waals surface area contributed by atoms with E-state index in [-0.39, 0.29) is 0 Å². The van der Waals surface area contributed by atoms with Crippen LogP contribution in [0.15, 0.2) is 5.38 Å². The summed E-state index contributed by atoms with van der Waals surface area (Å²) >= 11 is 1.65. The highest BCUT2D eigenvalue weighted by atomic mass is 32.1. The van der Waals surface area contributed by atoms with Crippen LogP contribution in [-0.4, -0.2) is 34.3 Å². The van der Waals surface area contributed by atoms with Crippen molar-refractivity contribution in [2.75, 3.05) is 23.3 Å². The van der Waals surface area contributed by atoms with E-state index in [2.05, 4.69) is 50.7 Å². The third kappa shape index (κ3) is 3.74.